The molecule has 118 valence electrons. The SMILES string of the molecule is CCOC(=O)C(C)(C)c1csc(NC(C)C2CCOC2)n1. The molecule has 0 saturated carbocycles. The Morgan fingerprint density at radius 3 is 3.05 bits per heavy atom. The number of carbonyl (C=O) groups excluding carboxylic acids is 1. The molecule has 1 saturated heterocycles. The summed E-state index contributed by atoms with van der Waals surface area (Å²) in [6.45, 7) is 9.69. The van der Waals surface area contributed by atoms with Gasteiger partial charge in [0.2, 0.25) is 0 Å². The summed E-state index contributed by atoms with van der Waals surface area (Å²) in [5.41, 5.74) is 0.0370. The maximum absolute atomic E-state index is 12.0. The van der Waals surface area contributed by atoms with E-state index in [0.717, 1.165) is 30.5 Å². The number of rotatable bonds is 6. The minimum Gasteiger partial charge on any atom is -0.465 e. The number of thiazole rings is 1. The van der Waals surface area contributed by atoms with E-state index in [0.29, 0.717) is 18.6 Å². The third-order valence-corrected chi connectivity index (χ3v) is 4.73. The largest absolute Gasteiger partial charge is 0.465 e. The van der Waals surface area contributed by atoms with Crippen LogP contribution in [0.5, 0.6) is 0 Å². The smallest absolute Gasteiger partial charge is 0.317 e. The van der Waals surface area contributed by atoms with Crippen LogP contribution in [-0.2, 0) is 19.7 Å². The van der Waals surface area contributed by atoms with E-state index in [1.165, 1.54) is 11.3 Å². The van der Waals surface area contributed by atoms with Gasteiger partial charge in [-0.25, -0.2) is 4.98 Å². The standard InChI is InChI=1S/C15H24N2O3S/c1-5-20-13(18)15(3,4)12-9-21-14(17-12)16-10(2)11-6-7-19-8-11/h9-11H,5-8H2,1-4H3,(H,16,17). The van der Waals surface area contributed by atoms with Crippen molar-refractivity contribution < 1.29 is 14.3 Å². The first-order valence-electron chi connectivity index (χ1n) is 7.42. The highest BCUT2D eigenvalue weighted by atomic mass is 32.1. The zero-order chi connectivity index (χ0) is 15.5. The van der Waals surface area contributed by atoms with Gasteiger partial charge in [0.05, 0.1) is 18.9 Å². The second-order valence-electron chi connectivity index (χ2n) is 5.94. The third-order valence-electron chi connectivity index (χ3n) is 3.95. The van der Waals surface area contributed by atoms with Crippen LogP contribution in [-0.4, -0.2) is 36.8 Å². The summed E-state index contributed by atoms with van der Waals surface area (Å²) in [6, 6.07) is 0.317. The lowest BCUT2D eigenvalue weighted by Gasteiger charge is -2.20. The Balaban J connectivity index is 2.01. The van der Waals surface area contributed by atoms with E-state index in [1.54, 1.807) is 0 Å². The summed E-state index contributed by atoms with van der Waals surface area (Å²) in [5.74, 6) is 0.287. The molecule has 5 nitrogen and oxygen atoms in total. The maximum Gasteiger partial charge on any atom is 0.317 e. The maximum atomic E-state index is 12.0. The van der Waals surface area contributed by atoms with Crippen LogP contribution in [0.25, 0.3) is 0 Å². The van der Waals surface area contributed by atoms with Crippen molar-refractivity contribution >= 4 is 22.4 Å². The van der Waals surface area contributed by atoms with Crippen LogP contribution >= 0.6 is 11.3 Å². The molecular formula is C15H24N2O3S. The van der Waals surface area contributed by atoms with Crippen LogP contribution in [0, 0.1) is 5.92 Å². The lowest BCUT2D eigenvalue weighted by atomic mass is 9.90. The molecule has 1 aliphatic rings. The minimum absolute atomic E-state index is 0.237. The van der Waals surface area contributed by atoms with Crippen LogP contribution in [0.4, 0.5) is 5.13 Å². The number of carbonyl (C=O) groups is 1. The van der Waals surface area contributed by atoms with Gasteiger partial charge >= 0.3 is 5.97 Å². The number of hydrogen-bond donors (Lipinski definition) is 1. The molecule has 1 fully saturated rings. The quantitative estimate of drug-likeness (QED) is 0.819. The summed E-state index contributed by atoms with van der Waals surface area (Å²) in [5, 5.41) is 6.20. The molecule has 1 aromatic rings. The highest BCUT2D eigenvalue weighted by molar-refractivity contribution is 7.13. The Morgan fingerprint density at radius 2 is 2.43 bits per heavy atom. The Morgan fingerprint density at radius 1 is 1.67 bits per heavy atom. The Bertz CT molecular complexity index is 481. The number of aromatic nitrogens is 1. The van der Waals surface area contributed by atoms with Crippen LogP contribution in [0.2, 0.25) is 0 Å². The van der Waals surface area contributed by atoms with E-state index >= 15 is 0 Å². The molecular weight excluding hydrogens is 288 g/mol. The Labute approximate surface area is 130 Å². The number of esters is 1. The molecule has 0 spiro atoms. The molecule has 0 aliphatic carbocycles. The van der Waals surface area contributed by atoms with E-state index in [4.69, 9.17) is 9.47 Å². The Kier molecular flexibility index (Phi) is 5.22. The van der Waals surface area contributed by atoms with Gasteiger partial charge in [0.15, 0.2) is 5.13 Å². The van der Waals surface area contributed by atoms with Crippen molar-refractivity contribution in [1.29, 1.82) is 0 Å². The van der Waals surface area contributed by atoms with Crippen LogP contribution in [0.1, 0.15) is 39.8 Å². The molecule has 1 aliphatic heterocycles. The monoisotopic (exact) mass is 312 g/mol. The van der Waals surface area contributed by atoms with E-state index in [1.807, 2.05) is 26.2 Å². The van der Waals surface area contributed by atoms with Crippen molar-refractivity contribution in [3.8, 4) is 0 Å². The van der Waals surface area contributed by atoms with Gasteiger partial charge in [-0.1, -0.05) is 0 Å². The number of hydrogen-bond acceptors (Lipinski definition) is 6. The van der Waals surface area contributed by atoms with Crippen LogP contribution in [0.3, 0.4) is 0 Å². The zero-order valence-electron chi connectivity index (χ0n) is 13.1. The second kappa shape index (κ2) is 6.75. The van der Waals surface area contributed by atoms with Gasteiger partial charge in [0.25, 0.3) is 0 Å². The summed E-state index contributed by atoms with van der Waals surface area (Å²) >= 11 is 1.53. The molecule has 2 heterocycles. The van der Waals surface area contributed by atoms with Gasteiger partial charge in [0, 0.05) is 23.9 Å². The minimum atomic E-state index is -0.716. The van der Waals surface area contributed by atoms with E-state index in [2.05, 4.69) is 17.2 Å². The lowest BCUT2D eigenvalue weighted by molar-refractivity contribution is -0.148. The van der Waals surface area contributed by atoms with Crippen molar-refractivity contribution in [3.63, 3.8) is 0 Å². The van der Waals surface area contributed by atoms with Gasteiger partial charge in [-0.3, -0.25) is 4.79 Å². The average molecular weight is 312 g/mol. The fraction of sp³-hybridized carbons (Fsp3) is 0.733. The summed E-state index contributed by atoms with van der Waals surface area (Å²) < 4.78 is 10.5. The summed E-state index contributed by atoms with van der Waals surface area (Å²) in [7, 11) is 0. The number of ether oxygens (including phenoxy) is 2. The predicted molar refractivity (Wildman–Crippen MR) is 83.8 cm³/mol. The molecule has 0 bridgehead atoms. The molecule has 2 rings (SSSR count). The van der Waals surface area contributed by atoms with Gasteiger partial charge in [0.1, 0.15) is 5.41 Å². The topological polar surface area (TPSA) is 60.5 Å². The first-order valence-corrected chi connectivity index (χ1v) is 8.30. The van der Waals surface area contributed by atoms with Gasteiger partial charge in [-0.15, -0.1) is 11.3 Å². The molecule has 0 amide bonds. The van der Waals surface area contributed by atoms with Gasteiger partial charge in [-0.2, -0.15) is 0 Å². The van der Waals surface area contributed by atoms with Crippen molar-refractivity contribution in [2.24, 2.45) is 5.92 Å². The van der Waals surface area contributed by atoms with E-state index < -0.39 is 5.41 Å². The molecule has 0 radical (unpaired) electrons. The molecule has 2 unspecified atom stereocenters. The third kappa shape index (κ3) is 3.74. The van der Waals surface area contributed by atoms with Crippen molar-refractivity contribution in [3.05, 3.63) is 11.1 Å². The summed E-state index contributed by atoms with van der Waals surface area (Å²) in [6.07, 6.45) is 1.08. The fourth-order valence-corrected chi connectivity index (χ4v) is 3.28. The van der Waals surface area contributed by atoms with Crippen molar-refractivity contribution in [2.45, 2.75) is 45.6 Å². The molecule has 2 atom stereocenters. The van der Waals surface area contributed by atoms with Crippen molar-refractivity contribution in [1.82, 2.24) is 4.98 Å². The van der Waals surface area contributed by atoms with E-state index in [-0.39, 0.29) is 5.97 Å². The molecule has 1 aromatic heterocycles. The number of nitrogens with zero attached hydrogens (tertiary/aromatic N) is 1. The normalized spacial score (nSPS) is 20.3. The van der Waals surface area contributed by atoms with Gasteiger partial charge in [-0.05, 0) is 34.1 Å². The zero-order valence-corrected chi connectivity index (χ0v) is 14.0. The van der Waals surface area contributed by atoms with Crippen molar-refractivity contribution in [2.75, 3.05) is 25.1 Å². The number of anilines is 1. The Hall–Kier alpha value is -1.14. The second-order valence-corrected chi connectivity index (χ2v) is 6.80. The van der Waals surface area contributed by atoms with Gasteiger partial charge < -0.3 is 14.8 Å². The first kappa shape index (κ1) is 16.2. The van der Waals surface area contributed by atoms with Crippen LogP contribution in [0.15, 0.2) is 5.38 Å². The summed E-state index contributed by atoms with van der Waals surface area (Å²) in [4.78, 5) is 16.6. The van der Waals surface area contributed by atoms with Crippen LogP contribution < -0.4 is 5.32 Å². The molecule has 1 N–H and O–H groups in total. The molecule has 21 heavy (non-hydrogen) atoms. The highest BCUT2D eigenvalue weighted by Gasteiger charge is 2.34. The average Bonchev–Trinajstić information content (AvgIpc) is 3.10. The fourth-order valence-electron chi connectivity index (χ4n) is 2.30. The highest BCUT2D eigenvalue weighted by Crippen LogP contribution is 2.29. The first-order chi connectivity index (χ1) is 9.95. The molecule has 0 aromatic carbocycles. The predicted octanol–water partition coefficient (Wildman–Crippen LogP) is 2.82. The lowest BCUT2D eigenvalue weighted by Crippen LogP contribution is -2.31. The van der Waals surface area contributed by atoms with E-state index in [9.17, 15) is 4.79 Å². The number of nitrogens with one attached hydrogen (secondary N) is 1. The molecule has 6 heteroatoms.